The van der Waals surface area contributed by atoms with Gasteiger partial charge in [-0.15, -0.1) is 0 Å². The molecule has 0 unspecified atom stereocenters. The minimum absolute atomic E-state index is 0.550. The summed E-state index contributed by atoms with van der Waals surface area (Å²) >= 11 is 12.7. The van der Waals surface area contributed by atoms with Crippen molar-refractivity contribution in [1.29, 1.82) is 0 Å². The topological polar surface area (TPSA) is 34.4 Å². The summed E-state index contributed by atoms with van der Waals surface area (Å²) in [4.78, 5) is 0. The summed E-state index contributed by atoms with van der Waals surface area (Å²) in [6, 6.07) is 7.34. The molecular formula is C12H10Br2ClNO2. The van der Waals surface area contributed by atoms with E-state index in [4.69, 9.17) is 20.8 Å². The third kappa shape index (κ3) is 3.22. The average Bonchev–Trinajstić information content (AvgIpc) is 2.72. The largest absolute Gasteiger partial charge is 0.493 e. The van der Waals surface area contributed by atoms with Crippen LogP contribution in [0.4, 0.5) is 5.69 Å². The number of hydrogen-bond donors (Lipinski definition) is 1. The maximum Gasteiger partial charge on any atom is 0.169 e. The maximum absolute atomic E-state index is 6.01. The van der Waals surface area contributed by atoms with Crippen molar-refractivity contribution in [3.05, 3.63) is 44.2 Å². The van der Waals surface area contributed by atoms with Gasteiger partial charge in [-0.05, 0) is 56.1 Å². The Balaban J connectivity index is 2.18. The molecule has 0 amide bonds. The van der Waals surface area contributed by atoms with Crippen molar-refractivity contribution < 1.29 is 9.15 Å². The predicted octanol–water partition coefficient (Wildman–Crippen LogP) is 5.08. The van der Waals surface area contributed by atoms with E-state index in [1.807, 2.05) is 18.2 Å². The lowest BCUT2D eigenvalue weighted by Crippen LogP contribution is -2.01. The van der Waals surface area contributed by atoms with Gasteiger partial charge in [0, 0.05) is 5.02 Å². The fourth-order valence-corrected chi connectivity index (χ4v) is 2.84. The first-order valence-corrected chi connectivity index (χ1v) is 7.07. The van der Waals surface area contributed by atoms with Crippen LogP contribution in [0.5, 0.6) is 5.75 Å². The maximum atomic E-state index is 6.01. The zero-order valence-corrected chi connectivity index (χ0v) is 13.4. The Morgan fingerprint density at radius 3 is 2.72 bits per heavy atom. The second-order valence-electron chi connectivity index (χ2n) is 3.53. The molecule has 0 saturated carbocycles. The van der Waals surface area contributed by atoms with E-state index in [0.29, 0.717) is 22.0 Å². The minimum atomic E-state index is 0.550. The van der Waals surface area contributed by atoms with Crippen molar-refractivity contribution in [2.45, 2.75) is 6.54 Å². The zero-order valence-electron chi connectivity index (χ0n) is 9.47. The summed E-state index contributed by atoms with van der Waals surface area (Å²) in [6.07, 6.45) is 0. The summed E-state index contributed by atoms with van der Waals surface area (Å²) < 4.78 is 12.2. The molecule has 1 heterocycles. The van der Waals surface area contributed by atoms with E-state index in [1.165, 1.54) is 0 Å². The molecule has 3 nitrogen and oxygen atoms in total. The predicted molar refractivity (Wildman–Crippen MR) is 79.4 cm³/mol. The first kappa shape index (κ1) is 13.8. The second kappa shape index (κ2) is 5.99. The van der Waals surface area contributed by atoms with Crippen LogP contribution < -0.4 is 10.1 Å². The Labute approximate surface area is 127 Å². The molecule has 96 valence electrons. The summed E-state index contributed by atoms with van der Waals surface area (Å²) in [5.41, 5.74) is 0.810. The lowest BCUT2D eigenvalue weighted by molar-refractivity contribution is 0.413. The summed E-state index contributed by atoms with van der Waals surface area (Å²) in [5, 5.41) is 3.85. The van der Waals surface area contributed by atoms with E-state index in [1.54, 1.807) is 13.2 Å². The minimum Gasteiger partial charge on any atom is -0.493 e. The molecule has 1 aromatic carbocycles. The molecule has 6 heteroatoms. The van der Waals surface area contributed by atoms with Crippen LogP contribution in [0.1, 0.15) is 5.76 Å². The van der Waals surface area contributed by atoms with Crippen LogP contribution in [0.25, 0.3) is 0 Å². The van der Waals surface area contributed by atoms with Gasteiger partial charge in [-0.1, -0.05) is 11.6 Å². The zero-order chi connectivity index (χ0) is 13.1. The number of benzene rings is 1. The number of halogens is 3. The first-order valence-electron chi connectivity index (χ1n) is 5.11. The number of rotatable bonds is 4. The Morgan fingerprint density at radius 2 is 2.11 bits per heavy atom. The molecule has 18 heavy (non-hydrogen) atoms. The van der Waals surface area contributed by atoms with Gasteiger partial charge in [-0.3, -0.25) is 0 Å². The van der Waals surface area contributed by atoms with Gasteiger partial charge in [0.2, 0.25) is 0 Å². The third-order valence-electron chi connectivity index (χ3n) is 2.29. The van der Waals surface area contributed by atoms with Crippen molar-refractivity contribution in [2.75, 3.05) is 12.4 Å². The summed E-state index contributed by atoms with van der Waals surface area (Å²) in [7, 11) is 1.61. The van der Waals surface area contributed by atoms with Crippen LogP contribution in [-0.4, -0.2) is 7.11 Å². The van der Waals surface area contributed by atoms with Crippen LogP contribution in [0, 0.1) is 0 Å². The van der Waals surface area contributed by atoms with Crippen LogP contribution in [0.3, 0.4) is 0 Å². The molecule has 0 aliphatic rings. The number of ether oxygens (including phenoxy) is 1. The number of anilines is 1. The molecular weight excluding hydrogens is 385 g/mol. The van der Waals surface area contributed by atoms with Gasteiger partial charge < -0.3 is 14.5 Å². The van der Waals surface area contributed by atoms with E-state index in [2.05, 4.69) is 37.2 Å². The van der Waals surface area contributed by atoms with E-state index < -0.39 is 0 Å². The fourth-order valence-electron chi connectivity index (χ4n) is 1.53. The highest BCUT2D eigenvalue weighted by Gasteiger charge is 2.10. The van der Waals surface area contributed by atoms with Gasteiger partial charge in [0.1, 0.15) is 5.76 Å². The fraction of sp³-hybridized carbons (Fsp3) is 0.167. The Morgan fingerprint density at radius 1 is 1.33 bits per heavy atom. The molecule has 2 aromatic rings. The SMILES string of the molecule is COc1c(Br)cc(Cl)cc1NCc1ccc(Br)o1. The highest BCUT2D eigenvalue weighted by Crippen LogP contribution is 2.36. The highest BCUT2D eigenvalue weighted by molar-refractivity contribution is 9.10. The third-order valence-corrected chi connectivity index (χ3v) is 3.53. The van der Waals surface area contributed by atoms with Crippen molar-refractivity contribution in [2.24, 2.45) is 0 Å². The van der Waals surface area contributed by atoms with E-state index in [9.17, 15) is 0 Å². The van der Waals surface area contributed by atoms with Crippen LogP contribution in [0.2, 0.25) is 5.02 Å². The number of methoxy groups -OCH3 is 1. The Bertz CT molecular complexity index is 557. The molecule has 1 aromatic heterocycles. The number of hydrogen-bond acceptors (Lipinski definition) is 3. The average molecular weight is 395 g/mol. The molecule has 0 fully saturated rings. The molecule has 2 rings (SSSR count). The smallest absolute Gasteiger partial charge is 0.169 e. The van der Waals surface area contributed by atoms with E-state index in [0.717, 1.165) is 15.9 Å². The quantitative estimate of drug-likeness (QED) is 0.784. The van der Waals surface area contributed by atoms with Crippen LogP contribution >= 0.6 is 43.5 Å². The van der Waals surface area contributed by atoms with Gasteiger partial charge >= 0.3 is 0 Å². The molecule has 0 aliphatic heterocycles. The number of furan rings is 1. The standard InChI is InChI=1S/C12H10Br2ClNO2/c1-17-12-9(13)4-7(15)5-10(12)16-6-8-2-3-11(14)18-8/h2-5,16H,6H2,1H3. The second-order valence-corrected chi connectivity index (χ2v) is 5.60. The van der Waals surface area contributed by atoms with Gasteiger partial charge in [0.25, 0.3) is 0 Å². The van der Waals surface area contributed by atoms with Crippen molar-refractivity contribution in [3.8, 4) is 5.75 Å². The van der Waals surface area contributed by atoms with Crippen LogP contribution in [-0.2, 0) is 6.54 Å². The number of nitrogens with one attached hydrogen (secondary N) is 1. The van der Waals surface area contributed by atoms with Crippen molar-refractivity contribution in [1.82, 2.24) is 0 Å². The molecule has 0 spiro atoms. The van der Waals surface area contributed by atoms with E-state index >= 15 is 0 Å². The molecule has 0 saturated heterocycles. The highest BCUT2D eigenvalue weighted by atomic mass is 79.9. The summed E-state index contributed by atoms with van der Waals surface area (Å²) in [6.45, 7) is 0.550. The monoisotopic (exact) mass is 393 g/mol. The molecule has 0 bridgehead atoms. The van der Waals surface area contributed by atoms with Crippen LogP contribution in [0.15, 0.2) is 37.8 Å². The molecule has 1 N–H and O–H groups in total. The van der Waals surface area contributed by atoms with Gasteiger partial charge in [-0.25, -0.2) is 0 Å². The Kier molecular flexibility index (Phi) is 4.59. The molecule has 0 radical (unpaired) electrons. The normalized spacial score (nSPS) is 10.4. The summed E-state index contributed by atoms with van der Waals surface area (Å²) in [5.74, 6) is 1.53. The first-order chi connectivity index (χ1) is 8.60. The lowest BCUT2D eigenvalue weighted by atomic mass is 10.3. The molecule has 0 aliphatic carbocycles. The molecule has 0 atom stereocenters. The van der Waals surface area contributed by atoms with Gasteiger partial charge in [0.05, 0.1) is 23.8 Å². The lowest BCUT2D eigenvalue weighted by Gasteiger charge is -2.12. The van der Waals surface area contributed by atoms with Crippen molar-refractivity contribution >= 4 is 49.1 Å². The van der Waals surface area contributed by atoms with Gasteiger partial charge in [-0.2, -0.15) is 0 Å². The van der Waals surface area contributed by atoms with E-state index in [-0.39, 0.29) is 0 Å². The Hall–Kier alpha value is -0.650. The van der Waals surface area contributed by atoms with Crippen molar-refractivity contribution in [3.63, 3.8) is 0 Å². The van der Waals surface area contributed by atoms with Gasteiger partial charge in [0.15, 0.2) is 10.4 Å².